The van der Waals surface area contributed by atoms with Gasteiger partial charge in [-0.3, -0.25) is 9.89 Å². The molecule has 5 heteroatoms. The molecule has 0 aromatic carbocycles. The molecule has 0 bridgehead atoms. The second kappa shape index (κ2) is 9.73. The maximum atomic E-state index is 4.79. The first-order chi connectivity index (χ1) is 11.2. The fourth-order valence-electron chi connectivity index (χ4n) is 2.85. The van der Waals surface area contributed by atoms with Crippen molar-refractivity contribution in [3.63, 3.8) is 0 Å². The third-order valence-corrected chi connectivity index (χ3v) is 5.32. The van der Waals surface area contributed by atoms with Gasteiger partial charge >= 0.3 is 0 Å². The molecule has 2 rings (SSSR count). The van der Waals surface area contributed by atoms with Gasteiger partial charge in [0, 0.05) is 43.0 Å². The van der Waals surface area contributed by atoms with Gasteiger partial charge in [0.1, 0.15) is 0 Å². The lowest BCUT2D eigenvalue weighted by molar-refractivity contribution is 0.225. The van der Waals surface area contributed by atoms with E-state index < -0.39 is 0 Å². The molecule has 0 amide bonds. The fraction of sp³-hybridized carbons (Fsp3) is 0.611. The topological polar surface area (TPSA) is 39.7 Å². The Hall–Kier alpha value is -1.33. The molecule has 1 aromatic heterocycles. The van der Waals surface area contributed by atoms with Crippen molar-refractivity contribution in [1.29, 1.82) is 0 Å². The first-order valence-corrected chi connectivity index (χ1v) is 9.52. The summed E-state index contributed by atoms with van der Waals surface area (Å²) in [5, 5.41) is 9.12. The highest BCUT2D eigenvalue weighted by molar-refractivity contribution is 7.10. The Bertz CT molecular complexity index is 475. The lowest BCUT2D eigenvalue weighted by Crippen LogP contribution is -2.48. The number of nitrogens with zero attached hydrogens (tertiary/aromatic N) is 2. The molecule has 1 aliphatic rings. The maximum Gasteiger partial charge on any atom is 0.191 e. The second-order valence-corrected chi connectivity index (χ2v) is 7.12. The number of piperidine rings is 1. The molecular weight excluding hydrogens is 304 g/mol. The molecule has 1 fully saturated rings. The molecule has 1 saturated heterocycles. The van der Waals surface area contributed by atoms with E-state index in [1.54, 1.807) is 0 Å². The summed E-state index contributed by atoms with van der Waals surface area (Å²) in [6.45, 7) is 13.2. The van der Waals surface area contributed by atoms with E-state index in [4.69, 9.17) is 4.99 Å². The molecule has 1 unspecified atom stereocenters. The van der Waals surface area contributed by atoms with Crippen LogP contribution in [0.4, 0.5) is 0 Å². The molecule has 1 aliphatic heterocycles. The minimum absolute atomic E-state index is 0.472. The number of thiophene rings is 1. The summed E-state index contributed by atoms with van der Waals surface area (Å²) in [5.41, 5.74) is 0. The number of hydrogen-bond donors (Lipinski definition) is 2. The van der Waals surface area contributed by atoms with E-state index in [1.165, 1.54) is 17.7 Å². The van der Waals surface area contributed by atoms with E-state index >= 15 is 0 Å². The number of guanidine groups is 1. The van der Waals surface area contributed by atoms with Crippen LogP contribution in [-0.4, -0.2) is 49.6 Å². The number of aliphatic imine (C=N–C) groups is 1. The Morgan fingerprint density at radius 2 is 2.30 bits per heavy atom. The fourth-order valence-corrected chi connectivity index (χ4v) is 3.62. The van der Waals surface area contributed by atoms with Gasteiger partial charge < -0.3 is 10.6 Å². The van der Waals surface area contributed by atoms with Crippen molar-refractivity contribution >= 4 is 17.3 Å². The van der Waals surface area contributed by atoms with E-state index in [1.807, 2.05) is 17.4 Å². The molecule has 23 heavy (non-hydrogen) atoms. The molecule has 0 saturated carbocycles. The zero-order valence-electron chi connectivity index (χ0n) is 14.4. The Balaban J connectivity index is 1.83. The Kier molecular flexibility index (Phi) is 7.62. The third-order valence-electron chi connectivity index (χ3n) is 4.21. The van der Waals surface area contributed by atoms with Gasteiger partial charge in [0.25, 0.3) is 0 Å². The largest absolute Gasteiger partial charge is 0.357 e. The van der Waals surface area contributed by atoms with Gasteiger partial charge in [0.15, 0.2) is 5.96 Å². The first kappa shape index (κ1) is 18.0. The molecule has 4 nitrogen and oxygen atoms in total. The van der Waals surface area contributed by atoms with Gasteiger partial charge in [-0.25, -0.2) is 0 Å². The summed E-state index contributed by atoms with van der Waals surface area (Å²) < 4.78 is 0. The second-order valence-electron chi connectivity index (χ2n) is 6.14. The van der Waals surface area contributed by atoms with Crippen LogP contribution in [0.1, 0.15) is 37.5 Å². The van der Waals surface area contributed by atoms with Crippen LogP contribution in [0.2, 0.25) is 0 Å². The van der Waals surface area contributed by atoms with Crippen molar-refractivity contribution < 1.29 is 0 Å². The van der Waals surface area contributed by atoms with Crippen LogP contribution in [0.15, 0.2) is 35.2 Å². The lowest BCUT2D eigenvalue weighted by Gasteiger charge is -2.32. The summed E-state index contributed by atoms with van der Waals surface area (Å²) in [6, 6.07) is 4.83. The summed E-state index contributed by atoms with van der Waals surface area (Å²) in [7, 11) is 0. The molecule has 0 radical (unpaired) electrons. The normalized spacial score (nSPS) is 18.6. The van der Waals surface area contributed by atoms with Crippen molar-refractivity contribution in [2.75, 3.05) is 32.7 Å². The Labute approximate surface area is 144 Å². The lowest BCUT2D eigenvalue weighted by atomic mass is 10.1. The summed E-state index contributed by atoms with van der Waals surface area (Å²) in [6.07, 6.45) is 4.32. The average molecular weight is 335 g/mol. The third kappa shape index (κ3) is 5.99. The van der Waals surface area contributed by atoms with E-state index in [0.29, 0.717) is 12.0 Å². The Morgan fingerprint density at radius 1 is 1.52 bits per heavy atom. The highest BCUT2D eigenvalue weighted by Crippen LogP contribution is 2.20. The minimum Gasteiger partial charge on any atom is -0.357 e. The van der Waals surface area contributed by atoms with Crippen LogP contribution in [-0.2, 0) is 0 Å². The molecule has 1 aromatic rings. The van der Waals surface area contributed by atoms with Crippen LogP contribution in [0.3, 0.4) is 0 Å². The van der Waals surface area contributed by atoms with Crippen molar-refractivity contribution in [1.82, 2.24) is 15.5 Å². The SMILES string of the molecule is C=CCN1CCC(NC(=NCC(C)c2cccs2)NCC)CC1. The number of rotatable bonds is 7. The molecule has 0 spiro atoms. The predicted molar refractivity (Wildman–Crippen MR) is 102 cm³/mol. The molecule has 2 heterocycles. The standard InChI is InChI=1S/C18H30N4S/c1-4-10-22-11-8-16(9-12-22)21-18(19-5-2)20-14-15(3)17-7-6-13-23-17/h4,6-7,13,15-16H,1,5,8-12,14H2,2-3H3,(H2,19,20,21). The van der Waals surface area contributed by atoms with Crippen LogP contribution in [0.5, 0.6) is 0 Å². The smallest absolute Gasteiger partial charge is 0.191 e. The van der Waals surface area contributed by atoms with E-state index in [0.717, 1.165) is 38.7 Å². The van der Waals surface area contributed by atoms with Gasteiger partial charge in [-0.2, -0.15) is 0 Å². The molecule has 1 atom stereocenters. The zero-order chi connectivity index (χ0) is 16.5. The Morgan fingerprint density at radius 3 is 2.91 bits per heavy atom. The summed E-state index contributed by atoms with van der Waals surface area (Å²) in [4.78, 5) is 8.65. The van der Waals surface area contributed by atoms with Crippen LogP contribution in [0, 0.1) is 0 Å². The average Bonchev–Trinajstić information content (AvgIpc) is 3.09. The maximum absolute atomic E-state index is 4.79. The quantitative estimate of drug-likeness (QED) is 0.457. The summed E-state index contributed by atoms with van der Waals surface area (Å²) in [5.74, 6) is 1.43. The van der Waals surface area contributed by atoms with E-state index in [9.17, 15) is 0 Å². The van der Waals surface area contributed by atoms with Gasteiger partial charge in [-0.15, -0.1) is 17.9 Å². The van der Waals surface area contributed by atoms with Crippen molar-refractivity contribution in [3.05, 3.63) is 35.0 Å². The highest BCUT2D eigenvalue weighted by Gasteiger charge is 2.19. The van der Waals surface area contributed by atoms with Crippen LogP contribution in [0.25, 0.3) is 0 Å². The predicted octanol–water partition coefficient (Wildman–Crippen LogP) is 3.06. The van der Waals surface area contributed by atoms with Gasteiger partial charge in [0.2, 0.25) is 0 Å². The van der Waals surface area contributed by atoms with E-state index in [2.05, 4.69) is 53.5 Å². The summed E-state index contributed by atoms with van der Waals surface area (Å²) >= 11 is 1.81. The van der Waals surface area contributed by atoms with E-state index in [-0.39, 0.29) is 0 Å². The zero-order valence-corrected chi connectivity index (χ0v) is 15.2. The first-order valence-electron chi connectivity index (χ1n) is 8.64. The van der Waals surface area contributed by atoms with Gasteiger partial charge in [-0.05, 0) is 31.2 Å². The van der Waals surface area contributed by atoms with Gasteiger partial charge in [0.05, 0.1) is 6.54 Å². The number of likely N-dealkylation sites (tertiary alicyclic amines) is 1. The number of nitrogens with one attached hydrogen (secondary N) is 2. The number of hydrogen-bond acceptors (Lipinski definition) is 3. The molecular formula is C18H30N4S. The molecule has 0 aliphatic carbocycles. The van der Waals surface area contributed by atoms with Crippen LogP contribution < -0.4 is 10.6 Å². The highest BCUT2D eigenvalue weighted by atomic mass is 32.1. The minimum atomic E-state index is 0.472. The van der Waals surface area contributed by atoms with Crippen LogP contribution >= 0.6 is 11.3 Å². The van der Waals surface area contributed by atoms with Gasteiger partial charge in [-0.1, -0.05) is 19.1 Å². The molecule has 2 N–H and O–H groups in total. The van der Waals surface area contributed by atoms with Crippen molar-refractivity contribution in [2.24, 2.45) is 4.99 Å². The molecule has 128 valence electrons. The van der Waals surface area contributed by atoms with Crippen molar-refractivity contribution in [3.8, 4) is 0 Å². The monoisotopic (exact) mass is 334 g/mol. The van der Waals surface area contributed by atoms with Crippen molar-refractivity contribution in [2.45, 2.75) is 38.6 Å².